The molecule has 5 heteroatoms. The molecule has 1 rings (SSSR count). The van der Waals surface area contributed by atoms with Gasteiger partial charge in [-0.1, -0.05) is 0 Å². The summed E-state index contributed by atoms with van der Waals surface area (Å²) in [4.78, 5) is 10.5. The van der Waals surface area contributed by atoms with E-state index in [0.717, 1.165) is 19.4 Å². The maximum absolute atomic E-state index is 10.5. The monoisotopic (exact) mass is 178 g/mol. The zero-order chi connectivity index (χ0) is 7.56. The van der Waals surface area contributed by atoms with Crippen molar-refractivity contribution >= 4 is 25.3 Å². The largest absolute Gasteiger partial charge is 0.480 e. The molecule has 0 aromatic heterocycles. The second-order valence-corrected chi connectivity index (χ2v) is 3.59. The Bertz CT molecular complexity index is 164. The van der Waals surface area contributed by atoms with Crippen LogP contribution in [0.1, 0.15) is 12.8 Å². The first kappa shape index (κ1) is 8.05. The number of rotatable bonds is 2. The molecule has 2 unspecified atom stereocenters. The van der Waals surface area contributed by atoms with Crippen LogP contribution in [0, 0.1) is 0 Å². The zero-order valence-corrected chi connectivity index (χ0v) is 7.23. The third kappa shape index (κ3) is 1.51. The number of carbonyl (C=O) groups is 1. The summed E-state index contributed by atoms with van der Waals surface area (Å²) < 4.78 is 1.84. The summed E-state index contributed by atoms with van der Waals surface area (Å²) in [5.41, 5.74) is 0. The van der Waals surface area contributed by atoms with Gasteiger partial charge in [-0.15, -0.1) is 4.67 Å². The summed E-state index contributed by atoms with van der Waals surface area (Å²) in [6.07, 6.45) is 1.74. The smallest absolute Gasteiger partial charge is 0.325 e. The number of aliphatic carboxylic acids is 1. The lowest BCUT2D eigenvalue weighted by molar-refractivity contribution is -0.140. The normalized spacial score (nSPS) is 27.4. The highest BCUT2D eigenvalue weighted by Crippen LogP contribution is 2.23. The van der Waals surface area contributed by atoms with Crippen molar-refractivity contribution in [3.8, 4) is 0 Å². The van der Waals surface area contributed by atoms with Crippen LogP contribution in [-0.4, -0.2) is 28.3 Å². The van der Waals surface area contributed by atoms with Gasteiger partial charge in [-0.05, 0) is 12.8 Å². The second kappa shape index (κ2) is 3.37. The van der Waals surface area contributed by atoms with E-state index in [0.29, 0.717) is 0 Å². The van der Waals surface area contributed by atoms with Crippen molar-refractivity contribution in [1.82, 2.24) is 4.67 Å². The van der Waals surface area contributed by atoms with Crippen molar-refractivity contribution < 1.29 is 9.90 Å². The third-order valence-corrected chi connectivity index (χ3v) is 3.13. The maximum atomic E-state index is 10.5. The molecule has 1 N–H and O–H groups in total. The molecule has 56 valence electrons. The van der Waals surface area contributed by atoms with Crippen molar-refractivity contribution in [2.24, 2.45) is 0 Å². The first-order valence-electron chi connectivity index (χ1n) is 3.13. The van der Waals surface area contributed by atoms with Gasteiger partial charge < -0.3 is 5.11 Å². The van der Waals surface area contributed by atoms with Crippen LogP contribution in [0.4, 0.5) is 0 Å². The van der Waals surface area contributed by atoms with E-state index in [4.69, 9.17) is 16.9 Å². The Labute approximate surface area is 65.9 Å². The molecule has 1 fully saturated rings. The molecular weight excluding hydrogens is 169 g/mol. The van der Waals surface area contributed by atoms with Crippen LogP contribution in [0.5, 0.6) is 0 Å². The van der Waals surface area contributed by atoms with Crippen molar-refractivity contribution in [2.45, 2.75) is 18.9 Å². The fourth-order valence-electron chi connectivity index (χ4n) is 1.13. The molecule has 1 aliphatic rings. The molecule has 10 heavy (non-hydrogen) atoms. The lowest BCUT2D eigenvalue weighted by atomic mass is 10.2. The molecule has 0 aromatic rings. The SMILES string of the molecule is O=C(O)C1CCCN1[PH+]=S. The fourth-order valence-corrected chi connectivity index (χ4v) is 2.40. The van der Waals surface area contributed by atoms with E-state index in [-0.39, 0.29) is 13.5 Å². The highest BCUT2D eigenvalue weighted by atomic mass is 32.4. The minimum absolute atomic E-state index is 0.220. The third-order valence-electron chi connectivity index (χ3n) is 1.66. The quantitative estimate of drug-likeness (QED) is 0.628. The van der Waals surface area contributed by atoms with Crippen LogP contribution in [0.25, 0.3) is 0 Å². The molecule has 0 bridgehead atoms. The van der Waals surface area contributed by atoms with Crippen molar-refractivity contribution in [2.75, 3.05) is 6.54 Å². The van der Waals surface area contributed by atoms with E-state index in [1.165, 1.54) is 0 Å². The molecule has 0 amide bonds. The van der Waals surface area contributed by atoms with Gasteiger partial charge in [0.15, 0.2) is 11.8 Å². The molecule has 1 heterocycles. The summed E-state index contributed by atoms with van der Waals surface area (Å²) in [5.74, 6) is -0.727. The number of hydrogen-bond acceptors (Lipinski definition) is 2. The van der Waals surface area contributed by atoms with Gasteiger partial charge in [0.2, 0.25) is 0 Å². The number of hydrogen-bond donors (Lipinski definition) is 1. The van der Waals surface area contributed by atoms with Crippen molar-refractivity contribution in [1.29, 1.82) is 0 Å². The Morgan fingerprint density at radius 3 is 2.90 bits per heavy atom. The predicted molar refractivity (Wildman–Crippen MR) is 43.0 cm³/mol. The first-order chi connectivity index (χ1) is 4.75. The molecule has 0 aromatic carbocycles. The predicted octanol–water partition coefficient (Wildman–Crippen LogP) is 0.591. The first-order valence-corrected chi connectivity index (χ1v) is 5.21. The summed E-state index contributed by atoms with van der Waals surface area (Å²) >= 11 is 4.80. The van der Waals surface area contributed by atoms with Gasteiger partial charge in [0.1, 0.15) is 6.04 Å². The average Bonchev–Trinajstić information content (AvgIpc) is 2.33. The Kier molecular flexibility index (Phi) is 2.72. The van der Waals surface area contributed by atoms with Crippen LogP contribution in [-0.2, 0) is 16.6 Å². The van der Waals surface area contributed by atoms with Crippen molar-refractivity contribution in [3.05, 3.63) is 0 Å². The van der Waals surface area contributed by atoms with Crippen LogP contribution in [0.3, 0.4) is 0 Å². The summed E-state index contributed by atoms with van der Waals surface area (Å²) in [5, 5.41) is 8.63. The van der Waals surface area contributed by atoms with Crippen LogP contribution < -0.4 is 0 Å². The highest BCUT2D eigenvalue weighted by molar-refractivity contribution is 7.95. The van der Waals surface area contributed by atoms with Crippen molar-refractivity contribution in [3.63, 3.8) is 0 Å². The van der Waals surface area contributed by atoms with E-state index >= 15 is 0 Å². The molecule has 0 spiro atoms. The number of nitrogens with zero attached hydrogens (tertiary/aromatic N) is 1. The van der Waals surface area contributed by atoms with Crippen LogP contribution in [0.2, 0.25) is 0 Å². The van der Waals surface area contributed by atoms with E-state index in [1.807, 2.05) is 4.67 Å². The van der Waals surface area contributed by atoms with Crippen LogP contribution >= 0.6 is 7.51 Å². The van der Waals surface area contributed by atoms with Crippen LogP contribution in [0.15, 0.2) is 0 Å². The highest BCUT2D eigenvalue weighted by Gasteiger charge is 2.33. The van der Waals surface area contributed by atoms with E-state index < -0.39 is 5.97 Å². The molecule has 0 saturated carbocycles. The lowest BCUT2D eigenvalue weighted by Crippen LogP contribution is -2.28. The van der Waals surface area contributed by atoms with Gasteiger partial charge in [0.05, 0.1) is 0 Å². The van der Waals surface area contributed by atoms with Gasteiger partial charge in [-0.3, -0.25) is 4.79 Å². The van der Waals surface area contributed by atoms with E-state index in [9.17, 15) is 4.79 Å². The molecule has 2 atom stereocenters. The van der Waals surface area contributed by atoms with Gasteiger partial charge in [0.25, 0.3) is 7.51 Å². The molecule has 0 radical (unpaired) electrons. The fraction of sp³-hybridized carbons (Fsp3) is 0.800. The zero-order valence-electron chi connectivity index (χ0n) is 5.41. The van der Waals surface area contributed by atoms with E-state index in [2.05, 4.69) is 0 Å². The summed E-state index contributed by atoms with van der Waals surface area (Å²) in [7, 11) is 0.220. The number of carboxylic acid groups (broad SMARTS) is 1. The van der Waals surface area contributed by atoms with Gasteiger partial charge in [-0.2, -0.15) is 0 Å². The molecular formula is C5H9NO2PS+. The van der Waals surface area contributed by atoms with E-state index in [1.54, 1.807) is 0 Å². The maximum Gasteiger partial charge on any atom is 0.325 e. The number of carboxylic acids is 1. The Morgan fingerprint density at radius 1 is 1.80 bits per heavy atom. The minimum Gasteiger partial charge on any atom is -0.480 e. The average molecular weight is 178 g/mol. The van der Waals surface area contributed by atoms with Gasteiger partial charge in [-0.25, -0.2) is 0 Å². The topological polar surface area (TPSA) is 40.5 Å². The lowest BCUT2D eigenvalue weighted by Gasteiger charge is -2.05. The molecule has 0 aliphatic carbocycles. The van der Waals surface area contributed by atoms with Gasteiger partial charge >= 0.3 is 5.97 Å². The Balaban J connectivity index is 2.58. The standard InChI is InChI=1S/C5H8NO2PS/c7-5(8)4-2-1-3-6(4)9-10/h4H,1-3H2,(H,7,8)/p+1. The Morgan fingerprint density at radius 2 is 2.50 bits per heavy atom. The summed E-state index contributed by atoms with van der Waals surface area (Å²) in [6.45, 7) is 0.860. The molecule has 1 aliphatic heterocycles. The molecule has 1 saturated heterocycles. The molecule has 3 nitrogen and oxygen atoms in total. The minimum atomic E-state index is -0.727. The van der Waals surface area contributed by atoms with Gasteiger partial charge in [0, 0.05) is 6.54 Å². The second-order valence-electron chi connectivity index (χ2n) is 2.28. The Hall–Kier alpha value is -0.0500. The summed E-state index contributed by atoms with van der Waals surface area (Å²) in [6, 6.07) is -0.296.